The lowest BCUT2D eigenvalue weighted by Gasteiger charge is -2.15. The highest BCUT2D eigenvalue weighted by Crippen LogP contribution is 2.26. The fourth-order valence-corrected chi connectivity index (χ4v) is 2.26. The lowest BCUT2D eigenvalue weighted by Crippen LogP contribution is -2.22. The Hall–Kier alpha value is -2.62. The van der Waals surface area contributed by atoms with E-state index in [1.807, 2.05) is 30.3 Å². The average Bonchev–Trinajstić information content (AvgIpc) is 2.46. The molecule has 0 unspecified atom stereocenters. The molecule has 100 valence electrons. The summed E-state index contributed by atoms with van der Waals surface area (Å²) in [6, 6.07) is 12.8. The Labute approximate surface area is 115 Å². The van der Waals surface area contributed by atoms with Gasteiger partial charge in [0.05, 0.1) is 5.39 Å². The maximum Gasteiger partial charge on any atom is 0.344 e. The van der Waals surface area contributed by atoms with Crippen LogP contribution in [0.3, 0.4) is 0 Å². The zero-order valence-electron chi connectivity index (χ0n) is 11.2. The highest BCUT2D eigenvalue weighted by molar-refractivity contribution is 6.05. The maximum absolute atomic E-state index is 12.0. The van der Waals surface area contributed by atoms with E-state index in [4.69, 9.17) is 4.42 Å². The van der Waals surface area contributed by atoms with Crippen LogP contribution in [0.4, 0.5) is 5.69 Å². The Balaban J connectivity index is 2.34. The Morgan fingerprint density at radius 3 is 2.45 bits per heavy atom. The van der Waals surface area contributed by atoms with Crippen LogP contribution in [0.25, 0.3) is 21.7 Å². The summed E-state index contributed by atoms with van der Waals surface area (Å²) >= 11 is 0. The van der Waals surface area contributed by atoms with E-state index < -0.39 is 0 Å². The molecule has 4 nitrogen and oxygen atoms in total. The molecular weight excluding hydrogens is 254 g/mol. The molecule has 1 heterocycles. The Bertz CT molecular complexity index is 880. The molecule has 2 aromatic carbocycles. The summed E-state index contributed by atoms with van der Waals surface area (Å²) in [5, 5.41) is 2.28. The summed E-state index contributed by atoms with van der Waals surface area (Å²) in [6.45, 7) is 1.49. The average molecular weight is 267 g/mol. The second-order valence-corrected chi connectivity index (χ2v) is 4.69. The van der Waals surface area contributed by atoms with Crippen LogP contribution in [-0.4, -0.2) is 13.0 Å². The maximum atomic E-state index is 12.0. The standard InChI is InChI=1S/C16H13NO3/c1-10(18)17(2)11-7-8-13-12-5-3-4-6-14(12)16(19)20-15(13)9-11/h3-9H,1-2H3. The molecule has 0 bridgehead atoms. The number of hydrogen-bond acceptors (Lipinski definition) is 3. The third kappa shape index (κ3) is 1.86. The first-order valence-corrected chi connectivity index (χ1v) is 6.28. The molecule has 1 aromatic heterocycles. The number of nitrogens with zero attached hydrogens (tertiary/aromatic N) is 1. The van der Waals surface area contributed by atoms with E-state index in [1.54, 1.807) is 19.2 Å². The lowest BCUT2D eigenvalue weighted by atomic mass is 10.1. The molecule has 1 amide bonds. The van der Waals surface area contributed by atoms with Gasteiger partial charge in [0.25, 0.3) is 0 Å². The molecule has 20 heavy (non-hydrogen) atoms. The van der Waals surface area contributed by atoms with Crippen LogP contribution in [0.15, 0.2) is 51.7 Å². The number of benzene rings is 2. The van der Waals surface area contributed by atoms with E-state index in [0.29, 0.717) is 16.7 Å². The largest absolute Gasteiger partial charge is 0.422 e. The van der Waals surface area contributed by atoms with Crippen LogP contribution in [0.2, 0.25) is 0 Å². The first-order chi connectivity index (χ1) is 9.58. The molecule has 0 spiro atoms. The molecular formula is C16H13NO3. The number of rotatable bonds is 1. The fraction of sp³-hybridized carbons (Fsp3) is 0.125. The van der Waals surface area contributed by atoms with Gasteiger partial charge in [-0.15, -0.1) is 0 Å². The van der Waals surface area contributed by atoms with Crippen LogP contribution in [-0.2, 0) is 4.79 Å². The van der Waals surface area contributed by atoms with Crippen molar-refractivity contribution in [3.05, 3.63) is 52.9 Å². The van der Waals surface area contributed by atoms with E-state index in [-0.39, 0.29) is 11.5 Å². The Morgan fingerprint density at radius 2 is 1.75 bits per heavy atom. The minimum absolute atomic E-state index is 0.0764. The molecule has 0 aliphatic heterocycles. The highest BCUT2D eigenvalue weighted by atomic mass is 16.4. The van der Waals surface area contributed by atoms with Gasteiger partial charge in [-0.3, -0.25) is 4.79 Å². The fourth-order valence-electron chi connectivity index (χ4n) is 2.26. The van der Waals surface area contributed by atoms with Crippen molar-refractivity contribution in [3.63, 3.8) is 0 Å². The second-order valence-electron chi connectivity index (χ2n) is 4.69. The zero-order valence-corrected chi connectivity index (χ0v) is 11.2. The summed E-state index contributed by atoms with van der Waals surface area (Å²) in [4.78, 5) is 24.9. The van der Waals surface area contributed by atoms with E-state index >= 15 is 0 Å². The molecule has 0 saturated heterocycles. The molecule has 0 N–H and O–H groups in total. The molecule has 0 aliphatic carbocycles. The lowest BCUT2D eigenvalue weighted by molar-refractivity contribution is -0.116. The van der Waals surface area contributed by atoms with Crippen LogP contribution in [0.5, 0.6) is 0 Å². The number of carbonyl (C=O) groups is 1. The number of carbonyl (C=O) groups excluding carboxylic acids is 1. The Kier molecular flexibility index (Phi) is 2.79. The van der Waals surface area contributed by atoms with Gasteiger partial charge in [-0.25, -0.2) is 4.79 Å². The van der Waals surface area contributed by atoms with Crippen molar-refractivity contribution in [3.8, 4) is 0 Å². The Morgan fingerprint density at radius 1 is 1.05 bits per heavy atom. The van der Waals surface area contributed by atoms with Gasteiger partial charge in [0.15, 0.2) is 0 Å². The van der Waals surface area contributed by atoms with Gasteiger partial charge in [0.2, 0.25) is 5.91 Å². The molecule has 0 atom stereocenters. The normalized spacial score (nSPS) is 10.9. The monoisotopic (exact) mass is 267 g/mol. The smallest absolute Gasteiger partial charge is 0.344 e. The molecule has 0 radical (unpaired) electrons. The van der Waals surface area contributed by atoms with Crippen molar-refractivity contribution >= 4 is 33.3 Å². The van der Waals surface area contributed by atoms with Crippen molar-refractivity contribution in [2.75, 3.05) is 11.9 Å². The van der Waals surface area contributed by atoms with Gasteiger partial charge < -0.3 is 9.32 Å². The number of anilines is 1. The van der Waals surface area contributed by atoms with Gasteiger partial charge in [-0.05, 0) is 23.6 Å². The van der Waals surface area contributed by atoms with Crippen molar-refractivity contribution < 1.29 is 9.21 Å². The van der Waals surface area contributed by atoms with Gasteiger partial charge >= 0.3 is 5.63 Å². The van der Waals surface area contributed by atoms with Crippen molar-refractivity contribution in [1.82, 2.24) is 0 Å². The minimum Gasteiger partial charge on any atom is -0.422 e. The summed E-state index contributed by atoms with van der Waals surface area (Å²) < 4.78 is 5.35. The summed E-state index contributed by atoms with van der Waals surface area (Å²) in [5.74, 6) is -0.0764. The van der Waals surface area contributed by atoms with Crippen LogP contribution in [0, 0.1) is 0 Å². The van der Waals surface area contributed by atoms with Gasteiger partial charge in [0, 0.05) is 31.1 Å². The van der Waals surface area contributed by atoms with E-state index in [2.05, 4.69) is 0 Å². The zero-order chi connectivity index (χ0) is 14.3. The van der Waals surface area contributed by atoms with E-state index in [9.17, 15) is 9.59 Å². The third-order valence-corrected chi connectivity index (χ3v) is 3.46. The van der Waals surface area contributed by atoms with E-state index in [0.717, 1.165) is 10.8 Å². The number of hydrogen-bond donors (Lipinski definition) is 0. The number of amides is 1. The first-order valence-electron chi connectivity index (χ1n) is 6.28. The van der Waals surface area contributed by atoms with Gasteiger partial charge in [-0.1, -0.05) is 18.2 Å². The topological polar surface area (TPSA) is 50.5 Å². The van der Waals surface area contributed by atoms with Gasteiger partial charge in [0.1, 0.15) is 5.58 Å². The molecule has 3 aromatic rings. The SMILES string of the molecule is CC(=O)N(C)c1ccc2c(c1)oc(=O)c1ccccc12. The first kappa shape index (κ1) is 12.4. The molecule has 3 rings (SSSR count). The van der Waals surface area contributed by atoms with Crippen LogP contribution >= 0.6 is 0 Å². The van der Waals surface area contributed by atoms with Crippen LogP contribution in [0.1, 0.15) is 6.92 Å². The molecule has 4 heteroatoms. The highest BCUT2D eigenvalue weighted by Gasteiger charge is 2.10. The van der Waals surface area contributed by atoms with E-state index in [1.165, 1.54) is 11.8 Å². The predicted molar refractivity (Wildman–Crippen MR) is 79.1 cm³/mol. The predicted octanol–water partition coefficient (Wildman–Crippen LogP) is 2.93. The van der Waals surface area contributed by atoms with Crippen molar-refractivity contribution in [2.45, 2.75) is 6.92 Å². The van der Waals surface area contributed by atoms with Gasteiger partial charge in [-0.2, -0.15) is 0 Å². The molecule has 0 saturated carbocycles. The van der Waals surface area contributed by atoms with Crippen molar-refractivity contribution in [1.29, 1.82) is 0 Å². The van der Waals surface area contributed by atoms with Crippen LogP contribution < -0.4 is 10.5 Å². The quantitative estimate of drug-likeness (QED) is 0.503. The van der Waals surface area contributed by atoms with Crippen molar-refractivity contribution in [2.24, 2.45) is 0 Å². The minimum atomic E-state index is -0.365. The summed E-state index contributed by atoms with van der Waals surface area (Å²) in [6.07, 6.45) is 0. The summed E-state index contributed by atoms with van der Waals surface area (Å²) in [5.41, 5.74) is 0.818. The second kappa shape index (κ2) is 4.49. The summed E-state index contributed by atoms with van der Waals surface area (Å²) in [7, 11) is 1.68. The molecule has 0 aliphatic rings. The number of fused-ring (bicyclic) bond motifs is 3. The third-order valence-electron chi connectivity index (χ3n) is 3.46. The molecule has 0 fully saturated rings.